The first-order valence-electron chi connectivity index (χ1n) is 4.12. The van der Waals surface area contributed by atoms with Crippen LogP contribution >= 0.6 is 0 Å². The van der Waals surface area contributed by atoms with Crippen molar-refractivity contribution in [2.75, 3.05) is 7.11 Å². The van der Waals surface area contributed by atoms with Gasteiger partial charge < -0.3 is 4.74 Å². The number of nitrogens with zero attached hydrogens (tertiary/aromatic N) is 2. The van der Waals surface area contributed by atoms with E-state index in [4.69, 9.17) is 4.74 Å². The van der Waals surface area contributed by atoms with Crippen molar-refractivity contribution in [2.45, 2.75) is 20.3 Å². The van der Waals surface area contributed by atoms with Crippen LogP contribution in [0.25, 0.3) is 0 Å². The van der Waals surface area contributed by atoms with Crippen LogP contribution in [0.5, 0.6) is 5.88 Å². The molecule has 0 amide bonds. The van der Waals surface area contributed by atoms with E-state index in [1.54, 1.807) is 25.8 Å². The molecule has 4 heteroatoms. The Labute approximate surface area is 77.5 Å². The minimum Gasteiger partial charge on any atom is -0.481 e. The number of carbonyl (C=O) groups is 1. The SMILES string of the molecule is COc1c(CC(C)=O)c(C)nn1C. The fraction of sp³-hybridized carbons (Fsp3) is 0.556. The van der Waals surface area contributed by atoms with Crippen LogP contribution in [0.2, 0.25) is 0 Å². The van der Waals surface area contributed by atoms with Gasteiger partial charge in [0.15, 0.2) is 0 Å². The minimum absolute atomic E-state index is 0.120. The Bertz CT molecular complexity index is 329. The molecule has 1 rings (SSSR count). The summed E-state index contributed by atoms with van der Waals surface area (Å²) in [6.45, 7) is 3.44. The molecule has 72 valence electrons. The number of aromatic nitrogens is 2. The van der Waals surface area contributed by atoms with Crippen LogP contribution in [0.4, 0.5) is 0 Å². The maximum Gasteiger partial charge on any atom is 0.215 e. The van der Waals surface area contributed by atoms with Crippen molar-refractivity contribution in [3.05, 3.63) is 11.3 Å². The number of rotatable bonds is 3. The summed E-state index contributed by atoms with van der Waals surface area (Å²) in [5, 5.41) is 4.17. The second-order valence-corrected chi connectivity index (χ2v) is 3.08. The summed E-state index contributed by atoms with van der Waals surface area (Å²) in [6, 6.07) is 0. The van der Waals surface area contributed by atoms with Crippen LogP contribution in [-0.2, 0) is 18.3 Å². The quantitative estimate of drug-likeness (QED) is 0.696. The summed E-state index contributed by atoms with van der Waals surface area (Å²) in [7, 11) is 3.38. The van der Waals surface area contributed by atoms with Crippen LogP contribution in [0, 0.1) is 6.92 Å². The monoisotopic (exact) mass is 182 g/mol. The zero-order chi connectivity index (χ0) is 10.0. The lowest BCUT2D eigenvalue weighted by Gasteiger charge is -2.02. The molecule has 13 heavy (non-hydrogen) atoms. The molecule has 0 unspecified atom stereocenters. The van der Waals surface area contributed by atoms with Gasteiger partial charge in [0.1, 0.15) is 5.78 Å². The lowest BCUT2D eigenvalue weighted by atomic mass is 10.1. The largest absolute Gasteiger partial charge is 0.481 e. The number of aryl methyl sites for hydroxylation is 2. The number of methoxy groups -OCH3 is 1. The predicted molar refractivity (Wildman–Crippen MR) is 48.9 cm³/mol. The number of hydrogen-bond acceptors (Lipinski definition) is 3. The standard InChI is InChI=1S/C9H14N2O2/c1-6(12)5-8-7(2)10-11(3)9(8)13-4/h5H2,1-4H3. The van der Waals surface area contributed by atoms with Crippen LogP contribution in [0.15, 0.2) is 0 Å². The molecule has 1 aromatic heterocycles. The smallest absolute Gasteiger partial charge is 0.215 e. The van der Waals surface area contributed by atoms with Gasteiger partial charge in [0.2, 0.25) is 5.88 Å². The molecule has 0 aliphatic rings. The zero-order valence-electron chi connectivity index (χ0n) is 8.42. The van der Waals surface area contributed by atoms with Gasteiger partial charge in [-0.25, -0.2) is 4.68 Å². The predicted octanol–water partition coefficient (Wildman–Crippen LogP) is 0.869. The van der Waals surface area contributed by atoms with E-state index in [1.807, 2.05) is 6.92 Å². The van der Waals surface area contributed by atoms with E-state index in [0.29, 0.717) is 12.3 Å². The Morgan fingerprint density at radius 1 is 1.62 bits per heavy atom. The van der Waals surface area contributed by atoms with Crippen LogP contribution in [0.3, 0.4) is 0 Å². The van der Waals surface area contributed by atoms with E-state index in [2.05, 4.69) is 5.10 Å². The van der Waals surface area contributed by atoms with Crippen LogP contribution in [-0.4, -0.2) is 22.7 Å². The van der Waals surface area contributed by atoms with Crippen molar-refractivity contribution in [3.8, 4) is 5.88 Å². The van der Waals surface area contributed by atoms with Gasteiger partial charge in [-0.3, -0.25) is 4.79 Å². The van der Waals surface area contributed by atoms with Crippen molar-refractivity contribution in [1.82, 2.24) is 9.78 Å². The molecule has 0 aliphatic carbocycles. The van der Waals surface area contributed by atoms with Crippen molar-refractivity contribution < 1.29 is 9.53 Å². The summed E-state index contributed by atoms with van der Waals surface area (Å²) in [5.41, 5.74) is 1.74. The molecule has 0 bridgehead atoms. The fourth-order valence-electron chi connectivity index (χ4n) is 1.39. The van der Waals surface area contributed by atoms with Gasteiger partial charge in [0.25, 0.3) is 0 Å². The lowest BCUT2D eigenvalue weighted by molar-refractivity contribution is -0.116. The number of Topliss-reactive ketones (excluding diaryl/α,β-unsaturated/α-hetero) is 1. The van der Waals surface area contributed by atoms with Crippen molar-refractivity contribution in [3.63, 3.8) is 0 Å². The first-order valence-corrected chi connectivity index (χ1v) is 4.12. The zero-order valence-corrected chi connectivity index (χ0v) is 8.42. The van der Waals surface area contributed by atoms with E-state index >= 15 is 0 Å². The van der Waals surface area contributed by atoms with Gasteiger partial charge in [0, 0.05) is 19.0 Å². The van der Waals surface area contributed by atoms with Gasteiger partial charge in [0.05, 0.1) is 12.8 Å². The lowest BCUT2D eigenvalue weighted by Crippen LogP contribution is -2.00. The molecule has 4 nitrogen and oxygen atoms in total. The van der Waals surface area contributed by atoms with E-state index in [1.165, 1.54) is 0 Å². The summed E-state index contributed by atoms with van der Waals surface area (Å²) in [4.78, 5) is 11.0. The molecule has 0 spiro atoms. The topological polar surface area (TPSA) is 44.1 Å². The van der Waals surface area contributed by atoms with Crippen LogP contribution < -0.4 is 4.74 Å². The molecule has 1 heterocycles. The number of carbonyl (C=O) groups excluding carboxylic acids is 1. The number of ether oxygens (including phenoxy) is 1. The third-order valence-corrected chi connectivity index (χ3v) is 1.91. The van der Waals surface area contributed by atoms with Gasteiger partial charge in [-0.2, -0.15) is 5.10 Å². The molecular weight excluding hydrogens is 168 g/mol. The Kier molecular flexibility index (Phi) is 2.70. The van der Waals surface area contributed by atoms with E-state index in [-0.39, 0.29) is 5.78 Å². The molecule has 0 atom stereocenters. The molecule has 0 saturated carbocycles. The average Bonchev–Trinajstić information content (AvgIpc) is 2.26. The fourth-order valence-corrected chi connectivity index (χ4v) is 1.39. The van der Waals surface area contributed by atoms with Gasteiger partial charge in [-0.05, 0) is 13.8 Å². The number of hydrogen-bond donors (Lipinski definition) is 0. The molecule has 1 aromatic rings. The van der Waals surface area contributed by atoms with Crippen LogP contribution in [0.1, 0.15) is 18.2 Å². The Balaban J connectivity index is 3.09. The van der Waals surface area contributed by atoms with Gasteiger partial charge >= 0.3 is 0 Å². The van der Waals surface area contributed by atoms with Crippen molar-refractivity contribution in [1.29, 1.82) is 0 Å². The summed E-state index contributed by atoms with van der Waals surface area (Å²) in [6.07, 6.45) is 0.392. The van der Waals surface area contributed by atoms with E-state index < -0.39 is 0 Å². The molecular formula is C9H14N2O2. The molecule has 0 saturated heterocycles. The highest BCUT2D eigenvalue weighted by Crippen LogP contribution is 2.21. The summed E-state index contributed by atoms with van der Waals surface area (Å²) < 4.78 is 6.79. The first kappa shape index (κ1) is 9.77. The van der Waals surface area contributed by atoms with Crippen molar-refractivity contribution in [2.24, 2.45) is 7.05 Å². The Hall–Kier alpha value is -1.32. The summed E-state index contributed by atoms with van der Waals surface area (Å²) in [5.74, 6) is 0.794. The second-order valence-electron chi connectivity index (χ2n) is 3.08. The maximum absolute atomic E-state index is 11.0. The Morgan fingerprint density at radius 3 is 2.69 bits per heavy atom. The van der Waals surface area contributed by atoms with E-state index in [9.17, 15) is 4.79 Å². The third-order valence-electron chi connectivity index (χ3n) is 1.91. The minimum atomic E-state index is 0.120. The molecule has 0 radical (unpaired) electrons. The summed E-state index contributed by atoms with van der Waals surface area (Å²) >= 11 is 0. The molecule has 0 N–H and O–H groups in total. The highest BCUT2D eigenvalue weighted by molar-refractivity contribution is 5.79. The molecule has 0 aromatic carbocycles. The Morgan fingerprint density at radius 2 is 2.23 bits per heavy atom. The maximum atomic E-state index is 11.0. The van der Waals surface area contributed by atoms with Crippen molar-refractivity contribution >= 4 is 5.78 Å². The highest BCUT2D eigenvalue weighted by atomic mass is 16.5. The normalized spacial score (nSPS) is 10.2. The molecule has 0 fully saturated rings. The second kappa shape index (κ2) is 3.60. The average molecular weight is 182 g/mol. The molecule has 0 aliphatic heterocycles. The van der Waals surface area contributed by atoms with Gasteiger partial charge in [-0.1, -0.05) is 0 Å². The first-order chi connectivity index (χ1) is 6.06. The highest BCUT2D eigenvalue weighted by Gasteiger charge is 2.14. The third kappa shape index (κ3) is 1.88. The number of ketones is 1. The van der Waals surface area contributed by atoms with E-state index in [0.717, 1.165) is 11.3 Å². The van der Waals surface area contributed by atoms with Gasteiger partial charge in [-0.15, -0.1) is 0 Å².